The molecule has 0 atom stereocenters. The monoisotopic (exact) mass is 234 g/mol. The lowest BCUT2D eigenvalue weighted by Gasteiger charge is -2.30. The molecule has 2 nitrogen and oxygen atoms in total. The zero-order valence-electron chi connectivity index (χ0n) is 12.3. The normalized spacial score (nSPS) is 11.7. The van der Waals surface area contributed by atoms with Crippen molar-refractivity contribution >= 4 is 5.69 Å². The second-order valence-corrected chi connectivity index (χ2v) is 5.67. The van der Waals surface area contributed by atoms with Crippen molar-refractivity contribution in [1.29, 1.82) is 0 Å². The second kappa shape index (κ2) is 5.09. The Morgan fingerprint density at radius 2 is 1.47 bits per heavy atom. The molecule has 0 fully saturated rings. The molecule has 0 spiro atoms. The molecule has 0 saturated carbocycles. The van der Waals surface area contributed by atoms with Gasteiger partial charge in [0, 0.05) is 17.8 Å². The van der Waals surface area contributed by atoms with Crippen molar-refractivity contribution in [3.63, 3.8) is 0 Å². The first-order valence-corrected chi connectivity index (χ1v) is 6.28. The highest BCUT2D eigenvalue weighted by atomic mass is 15.0. The first-order chi connectivity index (χ1) is 7.78. The Balaban J connectivity index is 3.14. The zero-order valence-corrected chi connectivity index (χ0v) is 12.3. The molecule has 2 heteroatoms. The fourth-order valence-corrected chi connectivity index (χ4v) is 2.23. The van der Waals surface area contributed by atoms with Crippen LogP contribution in [0.1, 0.15) is 36.1 Å². The molecule has 0 heterocycles. The first-order valence-electron chi connectivity index (χ1n) is 6.28. The van der Waals surface area contributed by atoms with Crippen LogP contribution in [0.2, 0.25) is 0 Å². The van der Waals surface area contributed by atoms with Gasteiger partial charge in [-0.1, -0.05) is 6.07 Å². The van der Waals surface area contributed by atoms with Crippen molar-refractivity contribution in [3.05, 3.63) is 28.3 Å². The van der Waals surface area contributed by atoms with E-state index in [2.05, 4.69) is 58.2 Å². The maximum Gasteiger partial charge on any atom is 0.0441 e. The summed E-state index contributed by atoms with van der Waals surface area (Å²) < 4.78 is 0. The van der Waals surface area contributed by atoms with Gasteiger partial charge in [-0.15, -0.1) is 0 Å². The van der Waals surface area contributed by atoms with Gasteiger partial charge >= 0.3 is 0 Å². The summed E-state index contributed by atoms with van der Waals surface area (Å²) in [4.78, 5) is 0. The van der Waals surface area contributed by atoms with Crippen molar-refractivity contribution < 1.29 is 0 Å². The SMILES string of the molecule is CNCC(C)(C)Nc1c(C)c(C)cc(C)c1C. The lowest BCUT2D eigenvalue weighted by atomic mass is 9.96. The quantitative estimate of drug-likeness (QED) is 0.835. The highest BCUT2D eigenvalue weighted by Gasteiger charge is 2.19. The molecule has 0 saturated heterocycles. The molecule has 17 heavy (non-hydrogen) atoms. The lowest BCUT2D eigenvalue weighted by molar-refractivity contribution is 0.529. The summed E-state index contributed by atoms with van der Waals surface area (Å²) in [6.07, 6.45) is 0. The van der Waals surface area contributed by atoms with Crippen LogP contribution in [0.5, 0.6) is 0 Å². The van der Waals surface area contributed by atoms with E-state index in [0.717, 1.165) is 6.54 Å². The van der Waals surface area contributed by atoms with E-state index in [9.17, 15) is 0 Å². The standard InChI is InChI=1S/C15H26N2/c1-10-8-11(2)13(4)14(12(10)3)17-15(5,6)9-16-7/h8,16-17H,9H2,1-7H3. The van der Waals surface area contributed by atoms with Crippen molar-refractivity contribution in [2.24, 2.45) is 0 Å². The van der Waals surface area contributed by atoms with E-state index in [1.165, 1.54) is 27.9 Å². The van der Waals surface area contributed by atoms with Gasteiger partial charge < -0.3 is 10.6 Å². The topological polar surface area (TPSA) is 24.1 Å². The lowest BCUT2D eigenvalue weighted by Crippen LogP contribution is -2.41. The molecule has 1 aromatic carbocycles. The summed E-state index contributed by atoms with van der Waals surface area (Å²) in [6.45, 7) is 14.1. The Hall–Kier alpha value is -1.02. The van der Waals surface area contributed by atoms with Crippen molar-refractivity contribution in [2.75, 3.05) is 18.9 Å². The highest BCUT2D eigenvalue weighted by molar-refractivity contribution is 5.63. The molecule has 1 rings (SSSR count). The molecule has 0 unspecified atom stereocenters. The molecular weight excluding hydrogens is 208 g/mol. The zero-order chi connectivity index (χ0) is 13.2. The number of benzene rings is 1. The molecule has 0 aliphatic heterocycles. The van der Waals surface area contributed by atoms with Gasteiger partial charge in [-0.25, -0.2) is 0 Å². The number of nitrogens with one attached hydrogen (secondary N) is 2. The third-order valence-corrected chi connectivity index (χ3v) is 3.45. The van der Waals surface area contributed by atoms with E-state index >= 15 is 0 Å². The predicted octanol–water partition coefficient (Wildman–Crippen LogP) is 3.33. The van der Waals surface area contributed by atoms with Gasteiger partial charge in [0.05, 0.1) is 0 Å². The smallest absolute Gasteiger partial charge is 0.0441 e. The van der Waals surface area contributed by atoms with E-state index in [1.54, 1.807) is 0 Å². The van der Waals surface area contributed by atoms with Crippen molar-refractivity contribution in [3.8, 4) is 0 Å². The average molecular weight is 234 g/mol. The Labute approximate surface area is 106 Å². The van der Waals surface area contributed by atoms with Crippen LogP contribution in [0.3, 0.4) is 0 Å². The van der Waals surface area contributed by atoms with Gasteiger partial charge in [0.25, 0.3) is 0 Å². The maximum absolute atomic E-state index is 3.67. The van der Waals surface area contributed by atoms with Crippen LogP contribution in [0.25, 0.3) is 0 Å². The van der Waals surface area contributed by atoms with Gasteiger partial charge in [0.2, 0.25) is 0 Å². The summed E-state index contributed by atoms with van der Waals surface area (Å²) in [5, 5.41) is 6.91. The Morgan fingerprint density at radius 3 is 1.88 bits per heavy atom. The molecule has 1 aromatic rings. The summed E-state index contributed by atoms with van der Waals surface area (Å²) in [5.41, 5.74) is 6.79. The molecule has 0 aliphatic carbocycles. The number of hydrogen-bond donors (Lipinski definition) is 2. The van der Waals surface area contributed by atoms with E-state index in [-0.39, 0.29) is 5.54 Å². The Morgan fingerprint density at radius 1 is 1.00 bits per heavy atom. The fourth-order valence-electron chi connectivity index (χ4n) is 2.23. The summed E-state index contributed by atoms with van der Waals surface area (Å²) >= 11 is 0. The van der Waals surface area contributed by atoms with Crippen LogP contribution in [0.4, 0.5) is 5.69 Å². The molecule has 0 aliphatic rings. The number of hydrogen-bond acceptors (Lipinski definition) is 2. The number of rotatable bonds is 4. The Bertz CT molecular complexity index is 380. The average Bonchev–Trinajstić information content (AvgIpc) is 2.21. The largest absolute Gasteiger partial charge is 0.378 e. The first kappa shape index (κ1) is 14.0. The van der Waals surface area contributed by atoms with E-state index in [4.69, 9.17) is 0 Å². The number of aryl methyl sites for hydroxylation is 2. The highest BCUT2D eigenvalue weighted by Crippen LogP contribution is 2.28. The van der Waals surface area contributed by atoms with Gasteiger partial charge in [-0.05, 0) is 70.8 Å². The number of likely N-dealkylation sites (N-methyl/N-ethyl adjacent to an activating group) is 1. The maximum atomic E-state index is 3.67. The summed E-state index contributed by atoms with van der Waals surface area (Å²) in [6, 6.07) is 2.26. The molecule has 2 N–H and O–H groups in total. The third-order valence-electron chi connectivity index (χ3n) is 3.45. The van der Waals surface area contributed by atoms with Crippen LogP contribution < -0.4 is 10.6 Å². The molecule has 96 valence electrons. The minimum Gasteiger partial charge on any atom is -0.378 e. The number of anilines is 1. The van der Waals surface area contributed by atoms with Crippen LogP contribution in [-0.2, 0) is 0 Å². The van der Waals surface area contributed by atoms with Gasteiger partial charge in [-0.2, -0.15) is 0 Å². The van der Waals surface area contributed by atoms with E-state index < -0.39 is 0 Å². The summed E-state index contributed by atoms with van der Waals surface area (Å²) in [5.74, 6) is 0. The van der Waals surface area contributed by atoms with Gasteiger partial charge in [-0.3, -0.25) is 0 Å². The van der Waals surface area contributed by atoms with Crippen LogP contribution >= 0.6 is 0 Å². The van der Waals surface area contributed by atoms with Crippen LogP contribution in [0.15, 0.2) is 6.07 Å². The van der Waals surface area contributed by atoms with E-state index in [1.807, 2.05) is 7.05 Å². The summed E-state index contributed by atoms with van der Waals surface area (Å²) in [7, 11) is 1.99. The van der Waals surface area contributed by atoms with E-state index in [0.29, 0.717) is 0 Å². The molecular formula is C15H26N2. The predicted molar refractivity (Wildman–Crippen MR) is 77.0 cm³/mol. The van der Waals surface area contributed by atoms with Crippen LogP contribution in [-0.4, -0.2) is 19.1 Å². The second-order valence-electron chi connectivity index (χ2n) is 5.67. The molecule has 0 bridgehead atoms. The molecule has 0 aromatic heterocycles. The van der Waals surface area contributed by atoms with Crippen molar-refractivity contribution in [1.82, 2.24) is 5.32 Å². The van der Waals surface area contributed by atoms with Crippen molar-refractivity contribution in [2.45, 2.75) is 47.1 Å². The molecule has 0 radical (unpaired) electrons. The minimum absolute atomic E-state index is 0.0600. The van der Waals surface area contributed by atoms with Gasteiger partial charge in [0.15, 0.2) is 0 Å². The van der Waals surface area contributed by atoms with Gasteiger partial charge in [0.1, 0.15) is 0 Å². The molecule has 0 amide bonds. The fraction of sp³-hybridized carbons (Fsp3) is 0.600. The Kier molecular flexibility index (Phi) is 4.21. The third kappa shape index (κ3) is 3.22. The minimum atomic E-state index is 0.0600. The van der Waals surface area contributed by atoms with Crippen LogP contribution in [0, 0.1) is 27.7 Å².